The topological polar surface area (TPSA) is 72.5 Å². The molecule has 9 heteroatoms. The number of carbonyl (C=O) groups is 1. The smallest absolute Gasteiger partial charge is 0.132 e. The lowest BCUT2D eigenvalue weighted by Gasteiger charge is -2.29. The Hall–Kier alpha value is -0.650. The highest BCUT2D eigenvalue weighted by molar-refractivity contribution is 5.77. The molecule has 0 fully saturated rings. The molecule has 1 atom stereocenters. The molecule has 0 amide bonds. The van der Waals surface area contributed by atoms with Gasteiger partial charge in [-0.25, -0.2) is 0 Å². The fraction of sp³-hybridized carbons (Fsp3) is 0.919. The number of nitrogens with zero attached hydrogens (tertiary/aromatic N) is 2. The van der Waals surface area contributed by atoms with Crippen LogP contribution in [0.4, 0.5) is 0 Å². The maximum Gasteiger partial charge on any atom is 0.132 e. The highest BCUT2D eigenvalue weighted by Gasteiger charge is 2.15. The van der Waals surface area contributed by atoms with E-state index in [2.05, 4.69) is 42.2 Å². The molecule has 0 aliphatic carbocycles. The molecule has 9 nitrogen and oxygen atoms in total. The van der Waals surface area contributed by atoms with E-state index >= 15 is 0 Å². The van der Waals surface area contributed by atoms with Crippen LogP contribution < -0.4 is 0 Å². The van der Waals surface area contributed by atoms with Crippen LogP contribution in [0.1, 0.15) is 90.9 Å². The van der Waals surface area contributed by atoms with Gasteiger partial charge in [-0.15, -0.1) is 0 Å². The van der Waals surface area contributed by atoms with E-state index in [9.17, 15) is 4.79 Å². The Bertz CT molecular complexity index is 629. The van der Waals surface area contributed by atoms with Crippen LogP contribution in [0.2, 0.25) is 0 Å². The first-order chi connectivity index (χ1) is 21.1. The number of unbranched alkanes of at least 4 members (excludes halogenated alkanes) is 8. The second-order valence-corrected chi connectivity index (χ2v) is 13.7. The number of rotatable bonds is 35. The Morgan fingerprint density at radius 2 is 1.02 bits per heavy atom. The van der Waals surface area contributed by atoms with Crippen molar-refractivity contribution < 1.29 is 42.2 Å². The zero-order valence-electron chi connectivity index (χ0n) is 32.2. The summed E-state index contributed by atoms with van der Waals surface area (Å²) in [5.74, 6) is 0.319. The van der Waals surface area contributed by atoms with Crippen LogP contribution >= 0.6 is 0 Å². The SMILES string of the molecule is CCCCCCCCCC[N+](C)(C)CCOCCOC(COCCOCCCCC(=O)CC)COCCOCC[N+](C)(C)C.[CH3-].[CH3-]. The summed E-state index contributed by atoms with van der Waals surface area (Å²) >= 11 is 0. The van der Waals surface area contributed by atoms with Crippen molar-refractivity contribution in [3.8, 4) is 0 Å². The predicted molar refractivity (Wildman–Crippen MR) is 193 cm³/mol. The molecule has 1 unspecified atom stereocenters. The van der Waals surface area contributed by atoms with Gasteiger partial charge in [0.05, 0.1) is 108 Å². The molecule has 0 saturated heterocycles. The first-order valence-electron chi connectivity index (χ1n) is 17.7. The Kier molecular flexibility index (Phi) is 37.0. The van der Waals surface area contributed by atoms with Crippen LogP contribution in [0.5, 0.6) is 0 Å². The van der Waals surface area contributed by atoms with Crippen LogP contribution in [0, 0.1) is 14.9 Å². The van der Waals surface area contributed by atoms with E-state index in [1.54, 1.807) is 0 Å². The number of quaternary nitrogens is 2. The number of likely N-dealkylation sites (N-methyl/N-ethyl adjacent to an activating group) is 2. The van der Waals surface area contributed by atoms with Crippen LogP contribution in [0.3, 0.4) is 0 Å². The molecule has 0 aliphatic heterocycles. The van der Waals surface area contributed by atoms with Crippen molar-refractivity contribution in [2.45, 2.75) is 97.0 Å². The van der Waals surface area contributed by atoms with Crippen molar-refractivity contribution >= 4 is 5.78 Å². The highest BCUT2D eigenvalue weighted by Crippen LogP contribution is 2.10. The third kappa shape index (κ3) is 37.8. The van der Waals surface area contributed by atoms with Crippen molar-refractivity contribution in [1.82, 2.24) is 0 Å². The molecular weight excluding hydrogens is 584 g/mol. The number of Topliss-reactive ketones (excluding diaryl/α,β-unsaturated/α-hetero) is 1. The molecule has 0 bridgehead atoms. The summed E-state index contributed by atoms with van der Waals surface area (Å²) in [7, 11) is 11.1. The van der Waals surface area contributed by atoms with E-state index in [4.69, 9.17) is 28.4 Å². The van der Waals surface area contributed by atoms with Gasteiger partial charge in [-0.1, -0.05) is 52.4 Å². The minimum Gasteiger partial charge on any atom is -0.379 e. The molecule has 0 radical (unpaired) electrons. The number of hydrogen-bond acceptors (Lipinski definition) is 7. The molecule has 0 aromatic carbocycles. The van der Waals surface area contributed by atoms with E-state index in [1.165, 1.54) is 57.9 Å². The average molecular weight is 665 g/mol. The summed E-state index contributed by atoms with van der Waals surface area (Å²) < 4.78 is 36.9. The quantitative estimate of drug-likeness (QED) is 0.0440. The largest absolute Gasteiger partial charge is 0.379 e. The minimum absolute atomic E-state index is 0. The van der Waals surface area contributed by atoms with Crippen molar-refractivity contribution in [3.63, 3.8) is 0 Å². The van der Waals surface area contributed by atoms with Crippen LogP contribution in [-0.2, 0) is 33.2 Å². The minimum atomic E-state index is -0.168. The average Bonchev–Trinajstić information content (AvgIpc) is 2.97. The first kappa shape index (κ1) is 49.7. The van der Waals surface area contributed by atoms with Crippen molar-refractivity contribution in [2.24, 2.45) is 0 Å². The molecule has 0 saturated carbocycles. The third-order valence-corrected chi connectivity index (χ3v) is 7.69. The molecule has 0 aliphatic rings. The lowest BCUT2D eigenvalue weighted by molar-refractivity contribution is -0.891. The van der Waals surface area contributed by atoms with Crippen molar-refractivity contribution in [2.75, 3.05) is 128 Å². The van der Waals surface area contributed by atoms with Crippen LogP contribution in [-0.4, -0.2) is 148 Å². The Morgan fingerprint density at radius 3 is 1.59 bits per heavy atom. The molecule has 0 aromatic heterocycles. The van der Waals surface area contributed by atoms with E-state index in [0.717, 1.165) is 48.1 Å². The molecular formula is C37H80N2O7. The second-order valence-electron chi connectivity index (χ2n) is 13.7. The van der Waals surface area contributed by atoms with Gasteiger partial charge in [-0.2, -0.15) is 0 Å². The predicted octanol–water partition coefficient (Wildman–Crippen LogP) is 6.43. The van der Waals surface area contributed by atoms with Gasteiger partial charge < -0.3 is 52.2 Å². The summed E-state index contributed by atoms with van der Waals surface area (Å²) in [6.07, 6.45) is 13.8. The van der Waals surface area contributed by atoms with Gasteiger partial charge in [0.2, 0.25) is 0 Å². The molecule has 46 heavy (non-hydrogen) atoms. The van der Waals surface area contributed by atoms with E-state index < -0.39 is 0 Å². The number of ether oxygens (including phenoxy) is 6. The van der Waals surface area contributed by atoms with Crippen molar-refractivity contribution in [3.05, 3.63) is 14.9 Å². The normalized spacial score (nSPS) is 12.5. The number of hydrogen-bond donors (Lipinski definition) is 0. The lowest BCUT2D eigenvalue weighted by Crippen LogP contribution is -2.43. The van der Waals surface area contributed by atoms with Gasteiger partial charge in [0.1, 0.15) is 25.0 Å². The Labute approximate surface area is 287 Å². The number of ketones is 1. The molecule has 0 N–H and O–H groups in total. The first-order valence-corrected chi connectivity index (χ1v) is 17.7. The van der Waals surface area contributed by atoms with Gasteiger partial charge in [0.25, 0.3) is 0 Å². The maximum atomic E-state index is 11.4. The van der Waals surface area contributed by atoms with Gasteiger partial charge in [0, 0.05) is 19.4 Å². The van der Waals surface area contributed by atoms with Crippen molar-refractivity contribution in [1.29, 1.82) is 0 Å². The second kappa shape index (κ2) is 34.2. The lowest BCUT2D eigenvalue weighted by atomic mass is 10.1. The van der Waals surface area contributed by atoms with Crippen LogP contribution in [0.25, 0.3) is 0 Å². The molecule has 0 spiro atoms. The zero-order valence-corrected chi connectivity index (χ0v) is 32.2. The Balaban J connectivity index is -0.00000924. The van der Waals surface area contributed by atoms with Crippen LogP contribution in [0.15, 0.2) is 0 Å². The monoisotopic (exact) mass is 665 g/mol. The zero-order chi connectivity index (χ0) is 32.8. The van der Waals surface area contributed by atoms with E-state index in [0.29, 0.717) is 78.1 Å². The summed E-state index contributed by atoms with van der Waals surface area (Å²) in [6.45, 7) is 13.6. The summed E-state index contributed by atoms with van der Waals surface area (Å²) in [6, 6.07) is 0. The fourth-order valence-electron chi connectivity index (χ4n) is 4.53. The van der Waals surface area contributed by atoms with Gasteiger partial charge >= 0.3 is 0 Å². The van der Waals surface area contributed by atoms with Gasteiger partial charge in [-0.05, 0) is 25.7 Å². The molecule has 0 rings (SSSR count). The summed E-state index contributed by atoms with van der Waals surface area (Å²) in [5, 5.41) is 0. The molecule has 0 heterocycles. The maximum absolute atomic E-state index is 11.4. The standard InChI is InChI=1S/C35H74N2O7.2CH3/c1-8-10-11-12-13-14-15-17-20-37(6,7)22-25-41-30-31-44-35(33-43-29-27-40-24-21-36(3,4)5)32-42-28-26-39-23-18-16-19-34(38)9-2;;/h35H,8-33H2,1-7H3;2*1H3/q+2;2*-1. The molecule has 0 aromatic rings. The summed E-state index contributed by atoms with van der Waals surface area (Å²) in [5.41, 5.74) is 0. The van der Waals surface area contributed by atoms with Gasteiger partial charge in [-0.3, -0.25) is 4.79 Å². The van der Waals surface area contributed by atoms with Gasteiger partial charge in [0.15, 0.2) is 0 Å². The summed E-state index contributed by atoms with van der Waals surface area (Å²) in [4.78, 5) is 11.4. The van der Waals surface area contributed by atoms with E-state index in [-0.39, 0.29) is 21.0 Å². The fourth-order valence-corrected chi connectivity index (χ4v) is 4.53. The third-order valence-electron chi connectivity index (χ3n) is 7.69. The molecule has 280 valence electrons. The highest BCUT2D eigenvalue weighted by atomic mass is 16.6. The van der Waals surface area contributed by atoms with E-state index in [1.807, 2.05) is 6.92 Å². The Morgan fingerprint density at radius 1 is 0.522 bits per heavy atom. The number of carbonyl (C=O) groups excluding carboxylic acids is 1.